The Balaban J connectivity index is 1.60. The predicted octanol–water partition coefficient (Wildman–Crippen LogP) is 4.02. The van der Waals surface area contributed by atoms with E-state index >= 15 is 0 Å². The zero-order valence-electron chi connectivity index (χ0n) is 15.0. The molecule has 1 aromatic carbocycles. The molecule has 1 aromatic heterocycles. The Morgan fingerprint density at radius 2 is 1.84 bits per heavy atom. The van der Waals surface area contributed by atoms with Gasteiger partial charge in [-0.3, -0.25) is 4.79 Å². The van der Waals surface area contributed by atoms with E-state index < -0.39 is 0 Å². The number of rotatable bonds is 3. The Morgan fingerprint density at radius 3 is 2.44 bits per heavy atom. The van der Waals surface area contributed by atoms with Crippen LogP contribution in [0.4, 0.5) is 4.39 Å². The molecular formula is C19H24FN3O2. The lowest BCUT2D eigenvalue weighted by Crippen LogP contribution is -2.39. The normalized spacial score (nSPS) is 16.2. The minimum absolute atomic E-state index is 0.00444. The molecule has 1 amide bonds. The molecule has 1 saturated heterocycles. The first-order valence-electron chi connectivity index (χ1n) is 8.69. The Hall–Kier alpha value is -2.24. The summed E-state index contributed by atoms with van der Waals surface area (Å²) in [6, 6.07) is 6.00. The van der Waals surface area contributed by atoms with Crippen molar-refractivity contribution in [3.63, 3.8) is 0 Å². The highest BCUT2D eigenvalue weighted by Gasteiger charge is 2.29. The van der Waals surface area contributed by atoms with Gasteiger partial charge in [0, 0.05) is 31.0 Å². The van der Waals surface area contributed by atoms with Gasteiger partial charge in [0.05, 0.1) is 0 Å². The first kappa shape index (κ1) is 17.6. The lowest BCUT2D eigenvalue weighted by molar-refractivity contribution is -0.134. The summed E-state index contributed by atoms with van der Waals surface area (Å²) in [5, 5.41) is 8.23. The van der Waals surface area contributed by atoms with Crippen molar-refractivity contribution in [3.05, 3.63) is 36.0 Å². The largest absolute Gasteiger partial charge is 0.420 e. The highest BCUT2D eigenvalue weighted by Crippen LogP contribution is 2.30. The van der Waals surface area contributed by atoms with E-state index in [1.54, 1.807) is 12.1 Å². The molecule has 0 aliphatic carbocycles. The van der Waals surface area contributed by atoms with E-state index in [0.717, 1.165) is 12.8 Å². The maximum absolute atomic E-state index is 13.0. The maximum atomic E-state index is 13.0. The molecule has 1 fully saturated rings. The number of carbonyl (C=O) groups excluding carboxylic acids is 1. The molecule has 2 heterocycles. The molecule has 0 radical (unpaired) electrons. The zero-order valence-corrected chi connectivity index (χ0v) is 15.0. The number of amides is 1. The van der Waals surface area contributed by atoms with Gasteiger partial charge in [-0.05, 0) is 42.5 Å². The molecule has 0 N–H and O–H groups in total. The molecule has 2 aromatic rings. The number of carbonyl (C=O) groups is 1. The lowest BCUT2D eigenvalue weighted by atomic mass is 9.90. The molecule has 1 aliphatic heterocycles. The van der Waals surface area contributed by atoms with Crippen LogP contribution in [0.2, 0.25) is 0 Å². The molecule has 0 saturated carbocycles. The highest BCUT2D eigenvalue weighted by atomic mass is 19.1. The maximum Gasteiger partial charge on any atom is 0.247 e. The van der Waals surface area contributed by atoms with Crippen LogP contribution in [-0.2, 0) is 4.79 Å². The Bertz CT molecular complexity index is 726. The molecule has 1 aliphatic rings. The van der Waals surface area contributed by atoms with Crippen LogP contribution in [0.3, 0.4) is 0 Å². The Labute approximate surface area is 147 Å². The van der Waals surface area contributed by atoms with Gasteiger partial charge in [-0.25, -0.2) is 4.39 Å². The minimum Gasteiger partial charge on any atom is -0.420 e. The summed E-state index contributed by atoms with van der Waals surface area (Å²) in [6.07, 6.45) is 2.20. The van der Waals surface area contributed by atoms with Crippen molar-refractivity contribution in [2.45, 2.75) is 46.0 Å². The number of halogens is 1. The second-order valence-corrected chi connectivity index (χ2v) is 7.84. The smallest absolute Gasteiger partial charge is 0.247 e. The summed E-state index contributed by atoms with van der Waals surface area (Å²) in [4.78, 5) is 14.2. The number of hydrogen-bond donors (Lipinski definition) is 0. The van der Waals surface area contributed by atoms with Gasteiger partial charge in [0.1, 0.15) is 5.82 Å². The quantitative estimate of drug-likeness (QED) is 0.843. The van der Waals surface area contributed by atoms with Crippen LogP contribution < -0.4 is 0 Å². The molecule has 25 heavy (non-hydrogen) atoms. The van der Waals surface area contributed by atoms with Crippen LogP contribution in [0.15, 0.2) is 28.7 Å². The van der Waals surface area contributed by atoms with Gasteiger partial charge >= 0.3 is 0 Å². The van der Waals surface area contributed by atoms with Crippen LogP contribution in [0.25, 0.3) is 11.5 Å². The van der Waals surface area contributed by atoms with Crippen molar-refractivity contribution in [3.8, 4) is 11.5 Å². The SMILES string of the molecule is CC(C)(C)CC(=O)N1CCC(c2nnc(-c3ccc(F)cc3)o2)CC1. The van der Waals surface area contributed by atoms with Gasteiger partial charge in [-0.15, -0.1) is 10.2 Å². The van der Waals surface area contributed by atoms with E-state index in [1.165, 1.54) is 12.1 Å². The Morgan fingerprint density at radius 1 is 1.20 bits per heavy atom. The van der Waals surface area contributed by atoms with E-state index in [1.807, 2.05) is 4.90 Å². The minimum atomic E-state index is -0.296. The first-order chi connectivity index (χ1) is 11.8. The number of piperidine rings is 1. The third-order valence-corrected chi connectivity index (χ3v) is 4.41. The second kappa shape index (κ2) is 6.94. The lowest BCUT2D eigenvalue weighted by Gasteiger charge is -2.32. The van der Waals surface area contributed by atoms with Gasteiger partial charge in [0.25, 0.3) is 0 Å². The summed E-state index contributed by atoms with van der Waals surface area (Å²) in [7, 11) is 0. The van der Waals surface area contributed by atoms with Crippen molar-refractivity contribution in [2.75, 3.05) is 13.1 Å². The second-order valence-electron chi connectivity index (χ2n) is 7.84. The van der Waals surface area contributed by atoms with Crippen molar-refractivity contribution in [2.24, 2.45) is 5.41 Å². The average Bonchev–Trinajstić information content (AvgIpc) is 3.04. The number of aromatic nitrogens is 2. The number of likely N-dealkylation sites (tertiary alicyclic amines) is 1. The molecule has 0 unspecified atom stereocenters. The fraction of sp³-hybridized carbons (Fsp3) is 0.526. The Kier molecular flexibility index (Phi) is 4.88. The molecule has 0 spiro atoms. The van der Waals surface area contributed by atoms with Gasteiger partial charge in [0.15, 0.2) is 0 Å². The van der Waals surface area contributed by atoms with Gasteiger partial charge in [-0.1, -0.05) is 20.8 Å². The third kappa shape index (κ3) is 4.44. The van der Waals surface area contributed by atoms with E-state index in [4.69, 9.17) is 4.42 Å². The molecule has 6 heteroatoms. The van der Waals surface area contributed by atoms with Gasteiger partial charge in [-0.2, -0.15) is 0 Å². The third-order valence-electron chi connectivity index (χ3n) is 4.41. The van der Waals surface area contributed by atoms with Crippen molar-refractivity contribution in [1.29, 1.82) is 0 Å². The summed E-state index contributed by atoms with van der Waals surface area (Å²) < 4.78 is 18.8. The van der Waals surface area contributed by atoms with E-state index in [0.29, 0.717) is 36.9 Å². The van der Waals surface area contributed by atoms with E-state index in [-0.39, 0.29) is 23.1 Å². The van der Waals surface area contributed by atoms with Crippen molar-refractivity contribution in [1.82, 2.24) is 15.1 Å². The van der Waals surface area contributed by atoms with E-state index in [9.17, 15) is 9.18 Å². The van der Waals surface area contributed by atoms with Gasteiger partial charge in [0.2, 0.25) is 17.7 Å². The first-order valence-corrected chi connectivity index (χ1v) is 8.69. The van der Waals surface area contributed by atoms with Crippen LogP contribution in [0, 0.1) is 11.2 Å². The van der Waals surface area contributed by atoms with Crippen LogP contribution in [0.5, 0.6) is 0 Å². The van der Waals surface area contributed by atoms with Crippen molar-refractivity contribution >= 4 is 5.91 Å². The molecular weight excluding hydrogens is 321 g/mol. The van der Waals surface area contributed by atoms with Crippen LogP contribution in [-0.4, -0.2) is 34.1 Å². The average molecular weight is 345 g/mol. The summed E-state index contributed by atoms with van der Waals surface area (Å²) in [6.45, 7) is 7.66. The summed E-state index contributed by atoms with van der Waals surface area (Å²) in [5.74, 6) is 1.09. The standard InChI is InChI=1S/C19H24FN3O2/c1-19(2,3)12-16(24)23-10-8-14(9-11-23)18-22-21-17(25-18)13-4-6-15(20)7-5-13/h4-7,14H,8-12H2,1-3H3. The molecule has 0 bridgehead atoms. The number of benzene rings is 1. The predicted molar refractivity (Wildman–Crippen MR) is 92.3 cm³/mol. The van der Waals surface area contributed by atoms with Crippen LogP contribution >= 0.6 is 0 Å². The summed E-state index contributed by atoms with van der Waals surface area (Å²) >= 11 is 0. The molecule has 5 nitrogen and oxygen atoms in total. The molecule has 134 valence electrons. The number of nitrogens with zero attached hydrogens (tertiary/aromatic N) is 3. The van der Waals surface area contributed by atoms with E-state index in [2.05, 4.69) is 31.0 Å². The van der Waals surface area contributed by atoms with Crippen LogP contribution in [0.1, 0.15) is 51.8 Å². The monoisotopic (exact) mass is 345 g/mol. The fourth-order valence-corrected chi connectivity index (χ4v) is 3.05. The highest BCUT2D eigenvalue weighted by molar-refractivity contribution is 5.76. The topological polar surface area (TPSA) is 59.2 Å². The fourth-order valence-electron chi connectivity index (χ4n) is 3.05. The molecule has 3 rings (SSSR count). The molecule has 0 atom stereocenters. The van der Waals surface area contributed by atoms with Gasteiger partial charge < -0.3 is 9.32 Å². The zero-order chi connectivity index (χ0) is 18.0. The number of hydrogen-bond acceptors (Lipinski definition) is 4. The summed E-state index contributed by atoms with van der Waals surface area (Å²) in [5.41, 5.74) is 0.711. The van der Waals surface area contributed by atoms with Crippen molar-refractivity contribution < 1.29 is 13.6 Å².